The number of carbonyl (C=O) groups is 1. The predicted molar refractivity (Wildman–Crippen MR) is 55.1 cm³/mol. The maximum absolute atomic E-state index is 11.6. The van der Waals surface area contributed by atoms with E-state index in [-0.39, 0.29) is 18.0 Å². The fourth-order valence-electron chi connectivity index (χ4n) is 2.00. The zero-order chi connectivity index (χ0) is 10.8. The maximum Gasteiger partial charge on any atom is 0.253 e. The molecule has 1 amide bonds. The van der Waals surface area contributed by atoms with E-state index in [9.17, 15) is 9.59 Å². The summed E-state index contributed by atoms with van der Waals surface area (Å²) in [7, 11) is 0. The minimum Gasteiger partial charge on any atom is -0.303 e. The number of carbonyl (C=O) groups excluding carboxylic acids is 1. The third-order valence-corrected chi connectivity index (χ3v) is 2.71. The monoisotopic (exact) mass is 207 g/mol. The van der Waals surface area contributed by atoms with Gasteiger partial charge in [-0.25, -0.2) is 5.84 Å². The van der Waals surface area contributed by atoms with Crippen LogP contribution in [0.3, 0.4) is 0 Å². The first-order valence-corrected chi connectivity index (χ1v) is 4.93. The topological polar surface area (TPSA) is 77.1 Å². The van der Waals surface area contributed by atoms with E-state index in [2.05, 4.69) is 0 Å². The number of amides is 1. The molecule has 0 unspecified atom stereocenters. The van der Waals surface area contributed by atoms with Gasteiger partial charge in [0.25, 0.3) is 11.5 Å². The molecule has 5 heteroatoms. The molecule has 1 aromatic heterocycles. The average molecular weight is 207 g/mol. The smallest absolute Gasteiger partial charge is 0.253 e. The quantitative estimate of drug-likeness (QED) is 0.383. The highest BCUT2D eigenvalue weighted by Crippen LogP contribution is 2.19. The molecule has 0 spiro atoms. The summed E-state index contributed by atoms with van der Waals surface area (Å²) in [5, 5.41) is 0. The highest BCUT2D eigenvalue weighted by Gasteiger charge is 2.16. The number of hydrogen-bond donors (Lipinski definition) is 2. The molecule has 1 aliphatic carbocycles. The van der Waals surface area contributed by atoms with Gasteiger partial charge in [-0.15, -0.1) is 0 Å². The molecule has 0 atom stereocenters. The standard InChI is InChI=1S/C10H13N3O2/c11-12-9(14)6-13-8-3-1-2-7(8)4-5-10(13)15/h4-5H,1-3,6,11H2,(H,12,14). The Bertz CT molecular complexity index is 450. The van der Waals surface area contributed by atoms with Gasteiger partial charge in [0.2, 0.25) is 0 Å². The first-order valence-electron chi connectivity index (χ1n) is 4.93. The zero-order valence-electron chi connectivity index (χ0n) is 8.32. The Morgan fingerprint density at radius 2 is 2.27 bits per heavy atom. The summed E-state index contributed by atoms with van der Waals surface area (Å²) in [6.45, 7) is 0.0124. The van der Waals surface area contributed by atoms with Crippen molar-refractivity contribution in [1.29, 1.82) is 0 Å². The second kappa shape index (κ2) is 3.86. The molecule has 15 heavy (non-hydrogen) atoms. The number of nitrogens with one attached hydrogen (secondary N) is 1. The van der Waals surface area contributed by atoms with Crippen molar-refractivity contribution in [2.24, 2.45) is 5.84 Å². The van der Waals surface area contributed by atoms with Gasteiger partial charge in [-0.05, 0) is 24.8 Å². The Balaban J connectivity index is 2.41. The van der Waals surface area contributed by atoms with Gasteiger partial charge in [-0.1, -0.05) is 6.07 Å². The van der Waals surface area contributed by atoms with Gasteiger partial charge in [0.15, 0.2) is 0 Å². The Hall–Kier alpha value is -1.62. The van der Waals surface area contributed by atoms with Crippen LogP contribution in [0.25, 0.3) is 0 Å². The fourth-order valence-corrected chi connectivity index (χ4v) is 2.00. The molecule has 3 N–H and O–H groups in total. The Labute approximate surface area is 86.9 Å². The number of aryl methyl sites for hydroxylation is 1. The molecule has 0 fully saturated rings. The van der Waals surface area contributed by atoms with Crippen molar-refractivity contribution in [2.45, 2.75) is 25.8 Å². The van der Waals surface area contributed by atoms with Gasteiger partial charge in [-0.2, -0.15) is 0 Å². The molecule has 0 saturated carbocycles. The van der Waals surface area contributed by atoms with E-state index >= 15 is 0 Å². The van der Waals surface area contributed by atoms with Gasteiger partial charge in [0.1, 0.15) is 6.54 Å². The van der Waals surface area contributed by atoms with Crippen LogP contribution in [0.15, 0.2) is 16.9 Å². The second-order valence-electron chi connectivity index (χ2n) is 3.65. The van der Waals surface area contributed by atoms with E-state index in [1.807, 2.05) is 11.5 Å². The third kappa shape index (κ3) is 1.78. The molecule has 5 nitrogen and oxygen atoms in total. The van der Waals surface area contributed by atoms with Crippen molar-refractivity contribution in [3.63, 3.8) is 0 Å². The number of nitrogens with two attached hydrogens (primary N) is 1. The van der Waals surface area contributed by atoms with Crippen LogP contribution in [-0.2, 0) is 24.2 Å². The third-order valence-electron chi connectivity index (χ3n) is 2.71. The summed E-state index contributed by atoms with van der Waals surface area (Å²) in [5.74, 6) is 4.65. The largest absolute Gasteiger partial charge is 0.303 e. The van der Waals surface area contributed by atoms with Crippen molar-refractivity contribution < 1.29 is 4.79 Å². The van der Waals surface area contributed by atoms with Crippen molar-refractivity contribution in [2.75, 3.05) is 0 Å². The molecule has 80 valence electrons. The minimum absolute atomic E-state index is 0.0124. The van der Waals surface area contributed by atoms with Crippen LogP contribution >= 0.6 is 0 Å². The number of rotatable bonds is 2. The predicted octanol–water partition coefficient (Wildman–Crippen LogP) is -0.673. The number of hydrazine groups is 1. The van der Waals surface area contributed by atoms with Crippen LogP contribution in [0, 0.1) is 0 Å². The van der Waals surface area contributed by atoms with E-state index in [0.29, 0.717) is 0 Å². The lowest BCUT2D eigenvalue weighted by atomic mass is 10.2. The summed E-state index contributed by atoms with van der Waals surface area (Å²) in [4.78, 5) is 22.7. The number of hydrogen-bond acceptors (Lipinski definition) is 3. The molecular formula is C10H13N3O2. The molecule has 2 rings (SSSR count). The van der Waals surface area contributed by atoms with Crippen LogP contribution in [0.2, 0.25) is 0 Å². The van der Waals surface area contributed by atoms with Crippen molar-refractivity contribution >= 4 is 5.91 Å². The van der Waals surface area contributed by atoms with Gasteiger partial charge in [0.05, 0.1) is 0 Å². The zero-order valence-corrected chi connectivity index (χ0v) is 8.32. The molecule has 0 aliphatic heterocycles. The summed E-state index contributed by atoms with van der Waals surface area (Å²) in [5.41, 5.74) is 4.04. The minimum atomic E-state index is -0.350. The lowest BCUT2D eigenvalue weighted by Crippen LogP contribution is -2.37. The first kappa shape index (κ1) is 9.92. The fraction of sp³-hybridized carbons (Fsp3) is 0.400. The molecule has 1 aliphatic rings. The molecule has 1 heterocycles. The van der Waals surface area contributed by atoms with Crippen molar-refractivity contribution in [3.8, 4) is 0 Å². The van der Waals surface area contributed by atoms with Crippen LogP contribution in [0.1, 0.15) is 17.7 Å². The normalized spacial score (nSPS) is 13.7. The Kier molecular flexibility index (Phi) is 2.55. The van der Waals surface area contributed by atoms with E-state index in [0.717, 1.165) is 25.0 Å². The maximum atomic E-state index is 11.6. The summed E-state index contributed by atoms with van der Waals surface area (Å²) in [6.07, 6.45) is 2.89. The van der Waals surface area contributed by atoms with Crippen LogP contribution < -0.4 is 16.8 Å². The molecule has 0 radical (unpaired) electrons. The molecule has 0 saturated heterocycles. The number of nitrogens with zero attached hydrogens (tertiary/aromatic N) is 1. The van der Waals surface area contributed by atoms with E-state index in [1.165, 1.54) is 16.2 Å². The highest BCUT2D eigenvalue weighted by molar-refractivity contribution is 5.75. The van der Waals surface area contributed by atoms with Crippen LogP contribution in [-0.4, -0.2) is 10.5 Å². The van der Waals surface area contributed by atoms with Crippen molar-refractivity contribution in [1.82, 2.24) is 9.99 Å². The molecule has 1 aromatic rings. The molecule has 0 aromatic carbocycles. The molecular weight excluding hydrogens is 194 g/mol. The van der Waals surface area contributed by atoms with Gasteiger partial charge < -0.3 is 4.57 Å². The number of fused-ring (bicyclic) bond motifs is 1. The highest BCUT2D eigenvalue weighted by atomic mass is 16.2. The summed E-state index contributed by atoms with van der Waals surface area (Å²) < 4.78 is 1.50. The number of aromatic nitrogens is 1. The molecule has 0 bridgehead atoms. The lowest BCUT2D eigenvalue weighted by molar-refractivity contribution is -0.121. The van der Waals surface area contributed by atoms with Crippen molar-refractivity contribution in [3.05, 3.63) is 33.7 Å². The number of pyridine rings is 1. The Morgan fingerprint density at radius 3 is 3.00 bits per heavy atom. The Morgan fingerprint density at radius 1 is 1.47 bits per heavy atom. The van der Waals surface area contributed by atoms with E-state index in [1.54, 1.807) is 0 Å². The second-order valence-corrected chi connectivity index (χ2v) is 3.65. The lowest BCUT2D eigenvalue weighted by Gasteiger charge is -2.10. The van der Waals surface area contributed by atoms with Crippen LogP contribution in [0.4, 0.5) is 0 Å². The average Bonchev–Trinajstić information content (AvgIpc) is 2.70. The van der Waals surface area contributed by atoms with Gasteiger partial charge >= 0.3 is 0 Å². The summed E-state index contributed by atoms with van der Waals surface area (Å²) >= 11 is 0. The van der Waals surface area contributed by atoms with Gasteiger partial charge in [-0.3, -0.25) is 15.0 Å². The van der Waals surface area contributed by atoms with E-state index < -0.39 is 0 Å². The SMILES string of the molecule is NNC(=O)Cn1c2c(ccc1=O)CCC2. The van der Waals surface area contributed by atoms with Gasteiger partial charge in [0, 0.05) is 11.8 Å². The van der Waals surface area contributed by atoms with Crippen LogP contribution in [0.5, 0.6) is 0 Å². The summed E-state index contributed by atoms with van der Waals surface area (Å²) in [6, 6.07) is 3.36. The first-order chi connectivity index (χ1) is 7.22. The van der Waals surface area contributed by atoms with E-state index in [4.69, 9.17) is 5.84 Å².